The molecule has 1 rings (SSSR count). The second kappa shape index (κ2) is 3.32. The van der Waals surface area contributed by atoms with Crippen LogP contribution in [0.2, 0.25) is 0 Å². The van der Waals surface area contributed by atoms with Crippen molar-refractivity contribution in [1.82, 2.24) is 0 Å². The lowest BCUT2D eigenvalue weighted by Gasteiger charge is -2.40. The Labute approximate surface area is 60.9 Å². The van der Waals surface area contributed by atoms with Gasteiger partial charge in [0.05, 0.1) is 19.8 Å². The number of rotatable bonds is 4. The van der Waals surface area contributed by atoms with E-state index in [1.165, 1.54) is 0 Å². The third kappa shape index (κ3) is 1.48. The van der Waals surface area contributed by atoms with E-state index in [0.29, 0.717) is 6.61 Å². The zero-order valence-corrected chi connectivity index (χ0v) is 6.26. The van der Waals surface area contributed by atoms with E-state index in [0.717, 1.165) is 19.6 Å². The highest BCUT2D eigenvalue weighted by molar-refractivity contribution is 4.83. The fourth-order valence-corrected chi connectivity index (χ4v) is 1.04. The lowest BCUT2D eigenvalue weighted by atomic mass is 9.84. The zero-order chi connectivity index (χ0) is 7.45. The Morgan fingerprint density at radius 1 is 1.60 bits per heavy atom. The largest absolute Gasteiger partial charge is 0.380 e. The fourth-order valence-electron chi connectivity index (χ4n) is 1.04. The quantitative estimate of drug-likeness (QED) is 0.549. The van der Waals surface area contributed by atoms with Gasteiger partial charge in [0.2, 0.25) is 0 Å². The molecule has 3 nitrogen and oxygen atoms in total. The van der Waals surface area contributed by atoms with Crippen molar-refractivity contribution in [2.24, 2.45) is 5.41 Å². The van der Waals surface area contributed by atoms with Crippen LogP contribution >= 0.6 is 0 Å². The molecule has 1 radical (unpaired) electrons. The van der Waals surface area contributed by atoms with Crippen molar-refractivity contribution >= 4 is 0 Å². The van der Waals surface area contributed by atoms with Gasteiger partial charge in [0.25, 0.3) is 0 Å². The Balaban J connectivity index is 2.20. The number of hydrogen-bond donors (Lipinski definition) is 0. The Morgan fingerprint density at radius 3 is 2.60 bits per heavy atom. The van der Waals surface area contributed by atoms with Crippen LogP contribution in [0.4, 0.5) is 0 Å². The van der Waals surface area contributed by atoms with Crippen LogP contribution < -0.4 is 0 Å². The molecule has 0 aromatic rings. The van der Waals surface area contributed by atoms with Crippen LogP contribution in [-0.4, -0.2) is 26.6 Å². The van der Waals surface area contributed by atoms with Gasteiger partial charge in [-0.1, -0.05) is 6.92 Å². The van der Waals surface area contributed by atoms with Crippen molar-refractivity contribution < 1.29 is 14.6 Å². The normalized spacial score (nSPS) is 22.2. The van der Waals surface area contributed by atoms with Crippen LogP contribution in [0.3, 0.4) is 0 Å². The van der Waals surface area contributed by atoms with E-state index < -0.39 is 6.79 Å². The first kappa shape index (κ1) is 7.98. The molecule has 0 aromatic carbocycles. The molecule has 10 heavy (non-hydrogen) atoms. The monoisotopic (exact) mass is 145 g/mol. The highest BCUT2D eigenvalue weighted by Crippen LogP contribution is 2.31. The summed E-state index contributed by atoms with van der Waals surface area (Å²) in [4.78, 5) is 0. The predicted molar refractivity (Wildman–Crippen MR) is 35.0 cm³/mol. The standard InChI is InChI=1S/C7H13O3/c1-2-7(3-9-4-7)5-10-6-8/h2-6H2,1H3. The SMILES string of the molecule is CCC1(COC[O])COC1. The van der Waals surface area contributed by atoms with Crippen LogP contribution in [0.25, 0.3) is 0 Å². The van der Waals surface area contributed by atoms with Gasteiger partial charge in [-0.3, -0.25) is 0 Å². The summed E-state index contributed by atoms with van der Waals surface area (Å²) in [7, 11) is 0. The summed E-state index contributed by atoms with van der Waals surface area (Å²) < 4.78 is 9.84. The van der Waals surface area contributed by atoms with Gasteiger partial charge in [0.15, 0.2) is 6.79 Å². The molecule has 1 fully saturated rings. The second-order valence-electron chi connectivity index (χ2n) is 2.81. The molecule has 0 atom stereocenters. The van der Waals surface area contributed by atoms with Crippen LogP contribution in [0, 0.1) is 5.41 Å². The van der Waals surface area contributed by atoms with Gasteiger partial charge in [-0.15, -0.1) is 0 Å². The highest BCUT2D eigenvalue weighted by Gasteiger charge is 2.36. The molecule has 1 heterocycles. The first-order chi connectivity index (χ1) is 4.83. The Hall–Kier alpha value is -0.120. The average molecular weight is 145 g/mol. The second-order valence-corrected chi connectivity index (χ2v) is 2.81. The molecule has 0 aromatic heterocycles. The average Bonchev–Trinajstić information content (AvgIpc) is 1.87. The Bertz CT molecular complexity index is 93.5. The van der Waals surface area contributed by atoms with Crippen LogP contribution in [0.1, 0.15) is 13.3 Å². The molecular formula is C7H13O3. The third-order valence-corrected chi connectivity index (χ3v) is 2.06. The minimum atomic E-state index is -0.429. The van der Waals surface area contributed by atoms with Gasteiger partial charge < -0.3 is 9.47 Å². The zero-order valence-electron chi connectivity index (χ0n) is 6.26. The lowest BCUT2D eigenvalue weighted by Crippen LogP contribution is -2.45. The van der Waals surface area contributed by atoms with Gasteiger partial charge in [-0.2, -0.15) is 0 Å². The molecule has 0 bridgehead atoms. The van der Waals surface area contributed by atoms with E-state index in [-0.39, 0.29) is 5.41 Å². The molecule has 59 valence electrons. The first-order valence-electron chi connectivity index (χ1n) is 3.56. The van der Waals surface area contributed by atoms with Crippen LogP contribution in [-0.2, 0) is 14.6 Å². The van der Waals surface area contributed by atoms with Crippen LogP contribution in [0.15, 0.2) is 0 Å². The van der Waals surface area contributed by atoms with E-state index in [9.17, 15) is 5.11 Å². The molecule has 0 N–H and O–H groups in total. The summed E-state index contributed by atoms with van der Waals surface area (Å²) in [5.41, 5.74) is 0.171. The summed E-state index contributed by atoms with van der Waals surface area (Å²) in [6.07, 6.45) is 1.03. The van der Waals surface area contributed by atoms with Crippen molar-refractivity contribution in [3.63, 3.8) is 0 Å². The van der Waals surface area contributed by atoms with Gasteiger partial charge in [-0.05, 0) is 6.42 Å². The maximum absolute atomic E-state index is 9.97. The minimum Gasteiger partial charge on any atom is -0.380 e. The van der Waals surface area contributed by atoms with Crippen molar-refractivity contribution in [2.75, 3.05) is 26.6 Å². The van der Waals surface area contributed by atoms with Gasteiger partial charge in [0, 0.05) is 5.41 Å². The Morgan fingerprint density at radius 2 is 2.30 bits per heavy atom. The van der Waals surface area contributed by atoms with Crippen molar-refractivity contribution in [3.8, 4) is 0 Å². The summed E-state index contributed by atoms with van der Waals surface area (Å²) in [5, 5.41) is 9.97. The van der Waals surface area contributed by atoms with E-state index in [4.69, 9.17) is 9.47 Å². The molecule has 3 heteroatoms. The van der Waals surface area contributed by atoms with Gasteiger partial charge in [-0.25, -0.2) is 5.11 Å². The predicted octanol–water partition coefficient (Wildman–Crippen LogP) is 0.818. The maximum atomic E-state index is 9.97. The molecule has 0 spiro atoms. The minimum absolute atomic E-state index is 0.171. The maximum Gasteiger partial charge on any atom is 0.180 e. The van der Waals surface area contributed by atoms with Gasteiger partial charge in [0.1, 0.15) is 0 Å². The lowest BCUT2D eigenvalue weighted by molar-refractivity contribution is -0.172. The Kier molecular flexibility index (Phi) is 2.65. The topological polar surface area (TPSA) is 38.4 Å². The first-order valence-corrected chi connectivity index (χ1v) is 3.56. The number of ether oxygens (including phenoxy) is 2. The molecule has 1 saturated heterocycles. The third-order valence-electron chi connectivity index (χ3n) is 2.06. The van der Waals surface area contributed by atoms with E-state index in [1.54, 1.807) is 0 Å². The summed E-state index contributed by atoms with van der Waals surface area (Å²) in [6, 6.07) is 0. The molecule has 1 aliphatic heterocycles. The molecule has 0 saturated carbocycles. The van der Waals surface area contributed by atoms with Crippen molar-refractivity contribution in [2.45, 2.75) is 13.3 Å². The van der Waals surface area contributed by atoms with Gasteiger partial charge >= 0.3 is 0 Å². The van der Waals surface area contributed by atoms with Crippen molar-refractivity contribution in [3.05, 3.63) is 0 Å². The van der Waals surface area contributed by atoms with Crippen LogP contribution in [0.5, 0.6) is 0 Å². The van der Waals surface area contributed by atoms with E-state index in [2.05, 4.69) is 6.92 Å². The van der Waals surface area contributed by atoms with Crippen molar-refractivity contribution in [1.29, 1.82) is 0 Å². The highest BCUT2D eigenvalue weighted by atomic mass is 16.6. The molecule has 0 unspecified atom stereocenters. The summed E-state index contributed by atoms with van der Waals surface area (Å²) in [5.74, 6) is 0. The number of hydrogen-bond acceptors (Lipinski definition) is 2. The van der Waals surface area contributed by atoms with E-state index in [1.807, 2.05) is 0 Å². The fraction of sp³-hybridized carbons (Fsp3) is 1.00. The summed E-state index contributed by atoms with van der Waals surface area (Å²) >= 11 is 0. The molecule has 1 aliphatic rings. The molecule has 0 aliphatic carbocycles. The summed E-state index contributed by atoms with van der Waals surface area (Å²) in [6.45, 7) is 3.73. The molecular weight excluding hydrogens is 132 g/mol. The smallest absolute Gasteiger partial charge is 0.180 e. The van der Waals surface area contributed by atoms with E-state index >= 15 is 0 Å². The molecule has 0 amide bonds.